The summed E-state index contributed by atoms with van der Waals surface area (Å²) in [5.74, 6) is -0.941. The maximum atomic E-state index is 12.4. The highest BCUT2D eigenvalue weighted by Crippen LogP contribution is 2.29. The zero-order chi connectivity index (χ0) is 21.8. The van der Waals surface area contributed by atoms with Crippen molar-refractivity contribution in [1.82, 2.24) is 4.90 Å². The topological polar surface area (TPSA) is 111 Å². The molecule has 160 valence electrons. The Kier molecular flexibility index (Phi) is 6.22. The highest BCUT2D eigenvalue weighted by atomic mass is 32.2. The third-order valence-corrected chi connectivity index (χ3v) is 6.27. The van der Waals surface area contributed by atoms with Gasteiger partial charge in [0, 0.05) is 30.8 Å². The fourth-order valence-electron chi connectivity index (χ4n) is 3.41. The van der Waals surface area contributed by atoms with Gasteiger partial charge < -0.3 is 20.6 Å². The van der Waals surface area contributed by atoms with E-state index in [0.717, 1.165) is 31.1 Å². The molecule has 2 aliphatic rings. The zero-order valence-corrected chi connectivity index (χ0v) is 17.5. The van der Waals surface area contributed by atoms with E-state index in [-0.39, 0.29) is 29.9 Å². The van der Waals surface area contributed by atoms with Gasteiger partial charge in [0.25, 0.3) is 11.8 Å². The van der Waals surface area contributed by atoms with Crippen molar-refractivity contribution in [3.8, 4) is 5.75 Å². The minimum atomic E-state index is -0.501. The first kappa shape index (κ1) is 20.9. The number of anilines is 2. The van der Waals surface area contributed by atoms with E-state index >= 15 is 0 Å². The highest BCUT2D eigenvalue weighted by molar-refractivity contribution is 8.15. The maximum Gasteiger partial charge on any atom is 0.262 e. The summed E-state index contributed by atoms with van der Waals surface area (Å²) >= 11 is 1.36. The molecule has 2 heterocycles. The molecule has 31 heavy (non-hydrogen) atoms. The number of hydrogen-bond acceptors (Lipinski definition) is 6. The minimum Gasteiger partial charge on any atom is -0.506 e. The van der Waals surface area contributed by atoms with Crippen molar-refractivity contribution in [2.24, 2.45) is 4.99 Å². The van der Waals surface area contributed by atoms with Gasteiger partial charge >= 0.3 is 0 Å². The molecule has 1 unspecified atom stereocenters. The number of nitrogens with zero attached hydrogens (tertiary/aromatic N) is 2. The second-order valence-electron chi connectivity index (χ2n) is 7.33. The fourth-order valence-corrected chi connectivity index (χ4v) is 4.53. The molecule has 1 fully saturated rings. The maximum absolute atomic E-state index is 12.4. The van der Waals surface area contributed by atoms with E-state index in [1.165, 1.54) is 17.8 Å². The van der Waals surface area contributed by atoms with Gasteiger partial charge in [-0.1, -0.05) is 23.9 Å². The molecule has 3 amide bonds. The molecule has 2 aliphatic heterocycles. The Balaban J connectivity index is 1.30. The Bertz CT molecular complexity index is 1030. The number of hydrogen-bond donors (Lipinski definition) is 3. The third kappa shape index (κ3) is 5.05. The molecule has 8 nitrogen and oxygen atoms in total. The number of aliphatic imine (C=N–C) groups is 1. The van der Waals surface area contributed by atoms with Crippen molar-refractivity contribution in [3.05, 3.63) is 54.1 Å². The standard InChI is InChI=1S/C22H22N4O4S/c27-17-6-2-1-5-16(17)24-20(29)14-7-9-15(10-8-14)23-19(28)13-18-21(30)25-22(31-18)26-11-3-4-12-26/h1-2,5-10,18,27H,3-4,11-13H2,(H,23,28)(H,24,29). The molecule has 1 saturated heterocycles. The summed E-state index contributed by atoms with van der Waals surface area (Å²) in [7, 11) is 0. The first-order valence-corrected chi connectivity index (χ1v) is 10.9. The number of rotatable bonds is 5. The number of phenols is 1. The van der Waals surface area contributed by atoms with E-state index in [1.807, 2.05) is 0 Å². The average Bonchev–Trinajstić information content (AvgIpc) is 3.40. The summed E-state index contributed by atoms with van der Waals surface area (Å²) in [6.07, 6.45) is 2.23. The van der Waals surface area contributed by atoms with Gasteiger partial charge in [-0.3, -0.25) is 14.4 Å². The van der Waals surface area contributed by atoms with Crippen LogP contribution in [0.25, 0.3) is 0 Å². The van der Waals surface area contributed by atoms with E-state index in [2.05, 4.69) is 20.5 Å². The van der Waals surface area contributed by atoms with Crippen LogP contribution < -0.4 is 10.6 Å². The summed E-state index contributed by atoms with van der Waals surface area (Å²) in [4.78, 5) is 43.1. The Morgan fingerprint density at radius 2 is 1.77 bits per heavy atom. The number of para-hydroxylation sites is 2. The second-order valence-corrected chi connectivity index (χ2v) is 8.50. The van der Waals surface area contributed by atoms with Crippen LogP contribution in [0, 0.1) is 0 Å². The number of likely N-dealkylation sites (tertiary alicyclic amines) is 1. The van der Waals surface area contributed by atoms with Gasteiger partial charge in [0.05, 0.1) is 5.69 Å². The fraction of sp³-hybridized carbons (Fsp3) is 0.273. The molecular weight excluding hydrogens is 416 g/mol. The van der Waals surface area contributed by atoms with Crippen LogP contribution in [0.5, 0.6) is 5.75 Å². The SMILES string of the molecule is O=C(CC1SC(N2CCCC2)=NC1=O)Nc1ccc(C(=O)Nc2ccccc2O)cc1. The van der Waals surface area contributed by atoms with E-state index < -0.39 is 5.25 Å². The van der Waals surface area contributed by atoms with Gasteiger partial charge in [0.2, 0.25) is 5.91 Å². The van der Waals surface area contributed by atoms with Crippen molar-refractivity contribution in [2.75, 3.05) is 23.7 Å². The summed E-state index contributed by atoms with van der Waals surface area (Å²) in [6.45, 7) is 1.81. The normalized spacial score (nSPS) is 18.1. The molecule has 1 atom stereocenters. The van der Waals surface area contributed by atoms with Gasteiger partial charge in [-0.25, -0.2) is 0 Å². The van der Waals surface area contributed by atoms with E-state index in [4.69, 9.17) is 0 Å². The summed E-state index contributed by atoms with van der Waals surface area (Å²) in [5, 5.41) is 15.4. The quantitative estimate of drug-likeness (QED) is 0.619. The number of carbonyl (C=O) groups is 3. The van der Waals surface area contributed by atoms with Crippen molar-refractivity contribution in [3.63, 3.8) is 0 Å². The number of thioether (sulfide) groups is 1. The number of amidine groups is 1. The average molecular weight is 439 g/mol. The van der Waals surface area contributed by atoms with Crippen LogP contribution in [-0.2, 0) is 9.59 Å². The van der Waals surface area contributed by atoms with Gasteiger partial charge in [-0.05, 0) is 49.2 Å². The predicted molar refractivity (Wildman–Crippen MR) is 120 cm³/mol. The third-order valence-electron chi connectivity index (χ3n) is 5.06. The van der Waals surface area contributed by atoms with Gasteiger partial charge in [0.15, 0.2) is 5.17 Å². The Hall–Kier alpha value is -3.33. The van der Waals surface area contributed by atoms with Crippen LogP contribution >= 0.6 is 11.8 Å². The van der Waals surface area contributed by atoms with Crippen LogP contribution in [0.2, 0.25) is 0 Å². The number of nitrogens with one attached hydrogen (secondary N) is 2. The molecule has 3 N–H and O–H groups in total. The molecule has 0 bridgehead atoms. The van der Waals surface area contributed by atoms with E-state index in [1.54, 1.807) is 42.5 Å². The molecule has 0 aromatic heterocycles. The van der Waals surface area contributed by atoms with Crippen molar-refractivity contribution >= 4 is 46.0 Å². The minimum absolute atomic E-state index is 0.0177. The number of aromatic hydroxyl groups is 1. The lowest BCUT2D eigenvalue weighted by Crippen LogP contribution is -2.25. The van der Waals surface area contributed by atoms with Crippen molar-refractivity contribution in [2.45, 2.75) is 24.5 Å². The monoisotopic (exact) mass is 438 g/mol. The summed E-state index contributed by atoms with van der Waals surface area (Å²) < 4.78 is 0. The number of carbonyl (C=O) groups excluding carboxylic acids is 3. The molecule has 2 aromatic rings. The van der Waals surface area contributed by atoms with Crippen LogP contribution in [0.3, 0.4) is 0 Å². The van der Waals surface area contributed by atoms with Crippen LogP contribution in [0.4, 0.5) is 11.4 Å². The first-order valence-electron chi connectivity index (χ1n) is 10.0. The van der Waals surface area contributed by atoms with Crippen molar-refractivity contribution in [1.29, 1.82) is 0 Å². The second kappa shape index (κ2) is 9.22. The molecule has 4 rings (SSSR count). The lowest BCUT2D eigenvalue weighted by Gasteiger charge is -2.16. The molecular formula is C22H22N4O4S. The lowest BCUT2D eigenvalue weighted by molar-refractivity contribution is -0.121. The van der Waals surface area contributed by atoms with Crippen LogP contribution in [-0.4, -0.2) is 51.2 Å². The lowest BCUT2D eigenvalue weighted by atomic mass is 10.1. The largest absolute Gasteiger partial charge is 0.506 e. The molecule has 2 aromatic carbocycles. The number of benzene rings is 2. The van der Waals surface area contributed by atoms with Crippen LogP contribution in [0.1, 0.15) is 29.6 Å². The summed E-state index contributed by atoms with van der Waals surface area (Å²) in [5.41, 5.74) is 1.23. The zero-order valence-electron chi connectivity index (χ0n) is 16.7. The van der Waals surface area contributed by atoms with E-state index in [0.29, 0.717) is 16.9 Å². The number of phenolic OH excluding ortho intramolecular Hbond substituents is 1. The predicted octanol–water partition coefficient (Wildman–Crippen LogP) is 3.07. The van der Waals surface area contributed by atoms with Gasteiger partial charge in [-0.2, -0.15) is 4.99 Å². The molecule has 0 spiro atoms. The van der Waals surface area contributed by atoms with Gasteiger partial charge in [-0.15, -0.1) is 0 Å². The van der Waals surface area contributed by atoms with E-state index in [9.17, 15) is 19.5 Å². The van der Waals surface area contributed by atoms with Gasteiger partial charge in [0.1, 0.15) is 11.0 Å². The number of amides is 3. The molecule has 0 radical (unpaired) electrons. The van der Waals surface area contributed by atoms with Crippen LogP contribution in [0.15, 0.2) is 53.5 Å². The molecule has 0 aliphatic carbocycles. The first-order chi connectivity index (χ1) is 15.0. The Morgan fingerprint density at radius 3 is 2.48 bits per heavy atom. The Morgan fingerprint density at radius 1 is 1.06 bits per heavy atom. The molecule has 9 heteroatoms. The van der Waals surface area contributed by atoms with Crippen molar-refractivity contribution < 1.29 is 19.5 Å². The summed E-state index contributed by atoms with van der Waals surface area (Å²) in [6, 6.07) is 12.9. The smallest absolute Gasteiger partial charge is 0.262 e. The Labute approximate surface area is 183 Å². The molecule has 0 saturated carbocycles. The highest BCUT2D eigenvalue weighted by Gasteiger charge is 2.33.